The largest absolute Gasteiger partial charge is 0.508 e. The molecule has 10 heteroatoms. The van der Waals surface area contributed by atoms with E-state index in [9.17, 15) is 24.3 Å². The topological polar surface area (TPSA) is 151 Å². The van der Waals surface area contributed by atoms with Gasteiger partial charge in [-0.3, -0.25) is 14.4 Å². The minimum absolute atomic E-state index is 0.0251. The standard InChI is InChI=1S/C22H31NO9/c1-5-10-29-22(28)30-12-13(4)19(20(23)21(26)27)14-8-9-15(31-17(24)6-2)16(11-14)32-18(25)7-3/h8-9,11,13,19-20H,5-7,10,12,23H2,1-4H3,(H,26,27)/t13?,19?,20-/m0/s1. The Bertz CT molecular complexity index is 809. The lowest BCUT2D eigenvalue weighted by Gasteiger charge is -2.28. The highest BCUT2D eigenvalue weighted by atomic mass is 16.7. The van der Waals surface area contributed by atoms with Crippen molar-refractivity contribution in [2.45, 2.75) is 58.9 Å². The zero-order chi connectivity index (χ0) is 24.3. The third-order valence-electron chi connectivity index (χ3n) is 4.55. The third kappa shape index (κ3) is 8.18. The summed E-state index contributed by atoms with van der Waals surface area (Å²) in [5, 5.41) is 9.50. The number of ether oxygens (including phenoxy) is 4. The lowest BCUT2D eigenvalue weighted by atomic mass is 9.82. The molecule has 3 atom stereocenters. The second kappa shape index (κ2) is 13.3. The number of aliphatic carboxylic acids is 1. The fourth-order valence-electron chi connectivity index (χ4n) is 2.86. The maximum atomic E-state index is 11.9. The molecule has 0 heterocycles. The number of hydrogen-bond donors (Lipinski definition) is 2. The van der Waals surface area contributed by atoms with Gasteiger partial charge in [-0.1, -0.05) is 33.8 Å². The first kappa shape index (κ1) is 26.9. The molecule has 10 nitrogen and oxygen atoms in total. The van der Waals surface area contributed by atoms with E-state index in [0.29, 0.717) is 12.0 Å². The van der Waals surface area contributed by atoms with Crippen molar-refractivity contribution in [3.8, 4) is 11.5 Å². The Morgan fingerprint density at radius 2 is 1.56 bits per heavy atom. The predicted octanol–water partition coefficient (Wildman–Crippen LogP) is 3.01. The Morgan fingerprint density at radius 3 is 2.09 bits per heavy atom. The molecule has 178 valence electrons. The highest BCUT2D eigenvalue weighted by Crippen LogP contribution is 2.36. The maximum absolute atomic E-state index is 11.9. The number of nitrogens with two attached hydrogens (primary N) is 1. The average molecular weight is 453 g/mol. The zero-order valence-corrected chi connectivity index (χ0v) is 18.8. The van der Waals surface area contributed by atoms with Crippen LogP contribution in [-0.4, -0.2) is 48.4 Å². The van der Waals surface area contributed by atoms with Crippen LogP contribution >= 0.6 is 0 Å². The average Bonchev–Trinajstić information content (AvgIpc) is 2.77. The first-order chi connectivity index (χ1) is 15.1. The molecular formula is C22H31NO9. The van der Waals surface area contributed by atoms with Crippen LogP contribution < -0.4 is 15.2 Å². The molecule has 2 unspecified atom stereocenters. The van der Waals surface area contributed by atoms with Crippen LogP contribution in [0.5, 0.6) is 11.5 Å². The molecular weight excluding hydrogens is 422 g/mol. The second-order valence-electron chi connectivity index (χ2n) is 7.14. The van der Waals surface area contributed by atoms with Crippen molar-refractivity contribution in [1.82, 2.24) is 0 Å². The lowest BCUT2D eigenvalue weighted by molar-refractivity contribution is -0.139. The third-order valence-corrected chi connectivity index (χ3v) is 4.55. The Morgan fingerprint density at radius 1 is 0.969 bits per heavy atom. The quantitative estimate of drug-likeness (QED) is 0.357. The molecule has 32 heavy (non-hydrogen) atoms. The van der Waals surface area contributed by atoms with E-state index < -0.39 is 41.9 Å². The van der Waals surface area contributed by atoms with Gasteiger partial charge in [0.2, 0.25) is 0 Å². The van der Waals surface area contributed by atoms with Crippen LogP contribution in [0.3, 0.4) is 0 Å². The van der Waals surface area contributed by atoms with Crippen LogP contribution in [-0.2, 0) is 23.9 Å². The van der Waals surface area contributed by atoms with Gasteiger partial charge >= 0.3 is 24.1 Å². The van der Waals surface area contributed by atoms with Gasteiger partial charge in [-0.15, -0.1) is 0 Å². The molecule has 0 spiro atoms. The minimum Gasteiger partial charge on any atom is -0.480 e. The van der Waals surface area contributed by atoms with E-state index >= 15 is 0 Å². The van der Waals surface area contributed by atoms with Crippen molar-refractivity contribution in [1.29, 1.82) is 0 Å². The Kier molecular flexibility index (Phi) is 11.2. The van der Waals surface area contributed by atoms with Gasteiger partial charge in [0, 0.05) is 18.8 Å². The molecule has 0 aliphatic rings. The molecule has 0 saturated heterocycles. The van der Waals surface area contributed by atoms with Gasteiger partial charge in [0.1, 0.15) is 6.04 Å². The fraction of sp³-hybridized carbons (Fsp3) is 0.545. The van der Waals surface area contributed by atoms with Crippen LogP contribution in [0.1, 0.15) is 58.4 Å². The highest BCUT2D eigenvalue weighted by Gasteiger charge is 2.32. The number of benzene rings is 1. The minimum atomic E-state index is -1.35. The molecule has 0 amide bonds. The summed E-state index contributed by atoms with van der Waals surface area (Å²) in [5.41, 5.74) is 6.34. The molecule has 1 rings (SSSR count). The van der Waals surface area contributed by atoms with Crippen molar-refractivity contribution >= 4 is 24.1 Å². The van der Waals surface area contributed by atoms with E-state index in [-0.39, 0.29) is 37.6 Å². The number of hydrogen-bond acceptors (Lipinski definition) is 9. The molecule has 0 aromatic heterocycles. The summed E-state index contributed by atoms with van der Waals surface area (Å²) in [4.78, 5) is 46.9. The summed E-state index contributed by atoms with van der Waals surface area (Å²) in [6.45, 7) is 6.78. The molecule has 3 N–H and O–H groups in total. The summed E-state index contributed by atoms with van der Waals surface area (Å²) in [6.07, 6.45) is -0.0441. The molecule has 0 bridgehead atoms. The summed E-state index contributed by atoms with van der Waals surface area (Å²) in [5.74, 6) is -3.71. The molecule has 0 fully saturated rings. The van der Waals surface area contributed by atoms with Crippen molar-refractivity contribution in [3.63, 3.8) is 0 Å². The molecule has 1 aromatic rings. The second-order valence-corrected chi connectivity index (χ2v) is 7.14. The summed E-state index contributed by atoms with van der Waals surface area (Å²) < 4.78 is 20.4. The van der Waals surface area contributed by atoms with Crippen LogP contribution in [0.4, 0.5) is 4.79 Å². The Hall–Kier alpha value is -3.14. The van der Waals surface area contributed by atoms with Gasteiger partial charge < -0.3 is 29.8 Å². The number of carbonyl (C=O) groups is 4. The molecule has 0 aliphatic carbocycles. The van der Waals surface area contributed by atoms with Crippen LogP contribution in [0.15, 0.2) is 18.2 Å². The normalized spacial score (nSPS) is 13.4. The maximum Gasteiger partial charge on any atom is 0.508 e. The zero-order valence-electron chi connectivity index (χ0n) is 18.8. The van der Waals surface area contributed by atoms with Crippen molar-refractivity contribution in [2.24, 2.45) is 11.7 Å². The number of esters is 2. The van der Waals surface area contributed by atoms with Gasteiger partial charge in [0.05, 0.1) is 13.2 Å². The summed E-state index contributed by atoms with van der Waals surface area (Å²) in [6, 6.07) is 3.00. The van der Waals surface area contributed by atoms with Gasteiger partial charge in [0.25, 0.3) is 0 Å². The summed E-state index contributed by atoms with van der Waals surface area (Å²) >= 11 is 0. The highest BCUT2D eigenvalue weighted by molar-refractivity contribution is 5.77. The molecule has 1 aromatic carbocycles. The van der Waals surface area contributed by atoms with E-state index in [1.807, 2.05) is 6.92 Å². The molecule has 0 aliphatic heterocycles. The Balaban J connectivity index is 3.25. The van der Waals surface area contributed by atoms with Gasteiger partial charge in [-0.05, 0) is 30.0 Å². The first-order valence-electron chi connectivity index (χ1n) is 10.5. The van der Waals surface area contributed by atoms with E-state index in [1.165, 1.54) is 18.2 Å². The van der Waals surface area contributed by atoms with Crippen LogP contribution in [0, 0.1) is 5.92 Å². The number of carboxylic acid groups (broad SMARTS) is 1. The predicted molar refractivity (Wildman–Crippen MR) is 113 cm³/mol. The van der Waals surface area contributed by atoms with Crippen molar-refractivity contribution in [2.75, 3.05) is 13.2 Å². The Labute approximate surface area is 187 Å². The van der Waals surface area contributed by atoms with Gasteiger partial charge in [0.15, 0.2) is 11.5 Å². The van der Waals surface area contributed by atoms with Gasteiger partial charge in [-0.2, -0.15) is 0 Å². The van der Waals surface area contributed by atoms with Crippen molar-refractivity contribution < 1.29 is 43.2 Å². The number of carbonyl (C=O) groups excluding carboxylic acids is 3. The lowest BCUT2D eigenvalue weighted by Crippen LogP contribution is -2.40. The van der Waals surface area contributed by atoms with Gasteiger partial charge in [-0.25, -0.2) is 4.79 Å². The first-order valence-corrected chi connectivity index (χ1v) is 10.5. The van der Waals surface area contributed by atoms with E-state index in [0.717, 1.165) is 0 Å². The molecule has 0 saturated carbocycles. The monoisotopic (exact) mass is 453 g/mol. The van der Waals surface area contributed by atoms with E-state index in [1.54, 1.807) is 20.8 Å². The van der Waals surface area contributed by atoms with E-state index in [4.69, 9.17) is 24.7 Å². The van der Waals surface area contributed by atoms with Crippen molar-refractivity contribution in [3.05, 3.63) is 23.8 Å². The summed E-state index contributed by atoms with van der Waals surface area (Å²) in [7, 11) is 0. The molecule has 0 radical (unpaired) electrons. The van der Waals surface area contributed by atoms with Crippen LogP contribution in [0.25, 0.3) is 0 Å². The fourth-order valence-corrected chi connectivity index (χ4v) is 2.86. The SMILES string of the molecule is CCCOC(=O)OCC(C)C(c1ccc(OC(=O)CC)c(OC(=O)CC)c1)[C@H](N)C(=O)O. The number of rotatable bonds is 12. The smallest absolute Gasteiger partial charge is 0.480 e. The number of carboxylic acids is 1. The van der Waals surface area contributed by atoms with Crippen LogP contribution in [0.2, 0.25) is 0 Å². The van der Waals surface area contributed by atoms with E-state index in [2.05, 4.69) is 0 Å².